The van der Waals surface area contributed by atoms with Gasteiger partial charge < -0.3 is 18.9 Å². The molecule has 0 saturated carbocycles. The summed E-state index contributed by atoms with van der Waals surface area (Å²) >= 11 is 0. The van der Waals surface area contributed by atoms with Crippen LogP contribution < -0.4 is 19.1 Å². The van der Waals surface area contributed by atoms with Crippen molar-refractivity contribution in [3.8, 4) is 17.2 Å². The van der Waals surface area contributed by atoms with Crippen molar-refractivity contribution >= 4 is 17.6 Å². The van der Waals surface area contributed by atoms with E-state index in [4.69, 9.17) is 18.9 Å². The van der Waals surface area contributed by atoms with Gasteiger partial charge in [-0.05, 0) is 42.3 Å². The van der Waals surface area contributed by atoms with Crippen LogP contribution in [0.4, 0.5) is 5.69 Å². The lowest BCUT2D eigenvalue weighted by atomic mass is 9.83. The highest BCUT2D eigenvalue weighted by Crippen LogP contribution is 2.46. The molecule has 0 N–H and O–H groups in total. The predicted octanol–water partition coefficient (Wildman–Crippen LogP) is 3.35. The molecule has 0 radical (unpaired) electrons. The number of methoxy groups -OCH3 is 3. The maximum absolute atomic E-state index is 13.2. The van der Waals surface area contributed by atoms with E-state index < -0.39 is 11.9 Å². The van der Waals surface area contributed by atoms with Gasteiger partial charge in [-0.25, -0.2) is 4.79 Å². The van der Waals surface area contributed by atoms with E-state index in [2.05, 4.69) is 0 Å². The van der Waals surface area contributed by atoms with Crippen LogP contribution in [0.3, 0.4) is 0 Å². The number of anilines is 1. The molecule has 0 spiro atoms. The van der Waals surface area contributed by atoms with Gasteiger partial charge in [0.1, 0.15) is 6.61 Å². The number of esters is 1. The van der Waals surface area contributed by atoms with Crippen LogP contribution in [0.1, 0.15) is 23.5 Å². The lowest BCUT2D eigenvalue weighted by Gasteiger charge is -2.32. The number of ether oxygens (including phenoxy) is 4. The van der Waals surface area contributed by atoms with Crippen molar-refractivity contribution in [1.29, 1.82) is 0 Å². The Bertz CT molecular complexity index is 1030. The van der Waals surface area contributed by atoms with Crippen LogP contribution in [0.5, 0.6) is 17.2 Å². The van der Waals surface area contributed by atoms with E-state index in [1.165, 1.54) is 21.3 Å². The van der Waals surface area contributed by atoms with Crippen LogP contribution in [-0.4, -0.2) is 39.8 Å². The fraction of sp³-hybridized carbons (Fsp3) is 0.304. The Kier molecular flexibility index (Phi) is 5.11. The summed E-state index contributed by atoms with van der Waals surface area (Å²) in [5, 5.41) is 0. The molecule has 0 saturated heterocycles. The molecule has 7 nitrogen and oxygen atoms in total. The van der Waals surface area contributed by atoms with E-state index in [0.717, 1.165) is 16.8 Å². The standard InChI is InChI=1S/C23H23NO6/c1-13-6-5-7-15(8-13)24-17-12-30-23(26)21(17)16(11-20(24)25)14-9-18(27-2)22(29-4)19(10-14)28-3/h5-10,16H,11-12H2,1-4H3/t16-/m0/s1. The summed E-state index contributed by atoms with van der Waals surface area (Å²) in [5.74, 6) is 0.418. The molecule has 156 valence electrons. The molecular weight excluding hydrogens is 386 g/mol. The monoisotopic (exact) mass is 409 g/mol. The minimum Gasteiger partial charge on any atom is -0.493 e. The minimum absolute atomic E-state index is 0.0643. The third-order valence-corrected chi connectivity index (χ3v) is 5.47. The van der Waals surface area contributed by atoms with Crippen molar-refractivity contribution < 1.29 is 28.5 Å². The van der Waals surface area contributed by atoms with Crippen molar-refractivity contribution in [3.63, 3.8) is 0 Å². The van der Waals surface area contributed by atoms with Gasteiger partial charge in [0.05, 0.1) is 32.6 Å². The summed E-state index contributed by atoms with van der Waals surface area (Å²) in [5.41, 5.74) is 3.56. The van der Waals surface area contributed by atoms with E-state index in [1.807, 2.05) is 31.2 Å². The van der Waals surface area contributed by atoms with Crippen molar-refractivity contribution in [1.82, 2.24) is 0 Å². The van der Waals surface area contributed by atoms with Gasteiger partial charge in [-0.2, -0.15) is 0 Å². The maximum Gasteiger partial charge on any atom is 0.336 e. The van der Waals surface area contributed by atoms with Crippen LogP contribution in [0.15, 0.2) is 47.7 Å². The number of carbonyl (C=O) groups excluding carboxylic acids is 2. The summed E-state index contributed by atoms with van der Waals surface area (Å²) < 4.78 is 21.6. The number of nitrogens with zero attached hydrogens (tertiary/aromatic N) is 1. The summed E-state index contributed by atoms with van der Waals surface area (Å²) in [4.78, 5) is 27.5. The topological polar surface area (TPSA) is 74.3 Å². The molecule has 7 heteroatoms. The van der Waals surface area contributed by atoms with E-state index >= 15 is 0 Å². The lowest BCUT2D eigenvalue weighted by Crippen LogP contribution is -2.37. The van der Waals surface area contributed by atoms with E-state index in [9.17, 15) is 9.59 Å². The molecule has 0 unspecified atom stereocenters. The molecule has 1 atom stereocenters. The SMILES string of the molecule is COc1cc([C@@H]2CC(=O)N(c3cccc(C)c3)C3=C2C(=O)OC3)cc(OC)c1OC. The highest BCUT2D eigenvalue weighted by atomic mass is 16.5. The molecule has 2 aliphatic rings. The predicted molar refractivity (Wildman–Crippen MR) is 110 cm³/mol. The number of aryl methyl sites for hydroxylation is 1. The largest absolute Gasteiger partial charge is 0.493 e. The van der Waals surface area contributed by atoms with Gasteiger partial charge in [0.15, 0.2) is 11.5 Å². The fourth-order valence-corrected chi connectivity index (χ4v) is 4.11. The smallest absolute Gasteiger partial charge is 0.336 e. The quantitative estimate of drug-likeness (QED) is 0.705. The lowest BCUT2D eigenvalue weighted by molar-refractivity contribution is -0.136. The summed E-state index contributed by atoms with van der Waals surface area (Å²) in [6.45, 7) is 2.02. The van der Waals surface area contributed by atoms with E-state index in [1.54, 1.807) is 17.0 Å². The number of amides is 1. The molecule has 0 aliphatic carbocycles. The van der Waals surface area contributed by atoms with Gasteiger partial charge in [0, 0.05) is 18.0 Å². The minimum atomic E-state index is -0.461. The molecule has 2 aromatic carbocycles. The van der Waals surface area contributed by atoms with Gasteiger partial charge in [-0.15, -0.1) is 0 Å². The number of hydrogen-bond donors (Lipinski definition) is 0. The summed E-state index contributed by atoms with van der Waals surface area (Å²) in [6, 6.07) is 11.2. The van der Waals surface area contributed by atoms with Crippen LogP contribution in [0.25, 0.3) is 0 Å². The molecule has 2 heterocycles. The van der Waals surface area contributed by atoms with Crippen molar-refractivity contribution in [2.75, 3.05) is 32.8 Å². The molecule has 0 fully saturated rings. The zero-order chi connectivity index (χ0) is 21.4. The number of cyclic esters (lactones) is 1. The zero-order valence-electron chi connectivity index (χ0n) is 17.4. The third-order valence-electron chi connectivity index (χ3n) is 5.47. The maximum atomic E-state index is 13.2. The average molecular weight is 409 g/mol. The van der Waals surface area contributed by atoms with Crippen molar-refractivity contribution in [2.45, 2.75) is 19.3 Å². The van der Waals surface area contributed by atoms with Gasteiger partial charge in [-0.3, -0.25) is 9.69 Å². The van der Waals surface area contributed by atoms with E-state index in [-0.39, 0.29) is 18.9 Å². The highest BCUT2D eigenvalue weighted by Gasteiger charge is 2.43. The second-order valence-corrected chi connectivity index (χ2v) is 7.22. The van der Waals surface area contributed by atoms with Gasteiger partial charge in [-0.1, -0.05) is 12.1 Å². The highest BCUT2D eigenvalue weighted by molar-refractivity contribution is 6.06. The Morgan fingerprint density at radius 2 is 1.70 bits per heavy atom. The second kappa shape index (κ2) is 7.74. The van der Waals surface area contributed by atoms with Crippen LogP contribution >= 0.6 is 0 Å². The fourth-order valence-electron chi connectivity index (χ4n) is 4.11. The average Bonchev–Trinajstić information content (AvgIpc) is 3.13. The summed E-state index contributed by atoms with van der Waals surface area (Å²) in [7, 11) is 4.58. The molecule has 1 amide bonds. The van der Waals surface area contributed by atoms with Crippen molar-refractivity contribution in [3.05, 3.63) is 58.8 Å². The van der Waals surface area contributed by atoms with Crippen LogP contribution in [-0.2, 0) is 14.3 Å². The van der Waals surface area contributed by atoms with Gasteiger partial charge >= 0.3 is 5.97 Å². The molecule has 4 rings (SSSR count). The van der Waals surface area contributed by atoms with Gasteiger partial charge in [0.25, 0.3) is 0 Å². The molecule has 0 aromatic heterocycles. The molecule has 2 aromatic rings. The Morgan fingerprint density at radius 1 is 1.00 bits per heavy atom. The van der Waals surface area contributed by atoms with Gasteiger partial charge in [0.2, 0.25) is 11.7 Å². The number of carbonyl (C=O) groups is 2. The van der Waals surface area contributed by atoms with Crippen molar-refractivity contribution in [2.24, 2.45) is 0 Å². The number of rotatable bonds is 5. The Hall–Kier alpha value is -3.48. The number of benzene rings is 2. The molecular formula is C23H23NO6. The first kappa shape index (κ1) is 19.8. The Labute approximate surface area is 174 Å². The van der Waals surface area contributed by atoms with Crippen LogP contribution in [0, 0.1) is 6.92 Å². The van der Waals surface area contributed by atoms with E-state index in [0.29, 0.717) is 28.5 Å². The first-order valence-corrected chi connectivity index (χ1v) is 9.58. The van der Waals surface area contributed by atoms with Crippen LogP contribution in [0.2, 0.25) is 0 Å². The Morgan fingerprint density at radius 3 is 2.30 bits per heavy atom. The molecule has 0 bridgehead atoms. The molecule has 2 aliphatic heterocycles. The summed E-state index contributed by atoms with van der Waals surface area (Å²) in [6.07, 6.45) is 0.126. The Balaban J connectivity index is 1.85. The zero-order valence-corrected chi connectivity index (χ0v) is 17.4. The normalized spacial score (nSPS) is 18.3. The third kappa shape index (κ3) is 3.16. The molecule has 30 heavy (non-hydrogen) atoms. The first-order valence-electron chi connectivity index (χ1n) is 9.58. The number of hydrogen-bond acceptors (Lipinski definition) is 6. The first-order chi connectivity index (χ1) is 14.5. The second-order valence-electron chi connectivity index (χ2n) is 7.22.